The lowest BCUT2D eigenvalue weighted by Crippen LogP contribution is -2.22. The number of hydrogen-bond acceptors (Lipinski definition) is 5. The average molecular weight is 408 g/mol. The smallest absolute Gasteiger partial charge is 0.277 e. The second kappa shape index (κ2) is 8.12. The van der Waals surface area contributed by atoms with Gasteiger partial charge >= 0.3 is 0 Å². The van der Waals surface area contributed by atoms with Gasteiger partial charge in [-0.3, -0.25) is 4.79 Å². The lowest BCUT2D eigenvalue weighted by molar-refractivity contribution is -0.115. The molecule has 0 saturated carbocycles. The Morgan fingerprint density at radius 2 is 2.00 bits per heavy atom. The van der Waals surface area contributed by atoms with E-state index in [2.05, 4.69) is 15.5 Å². The molecule has 1 amide bonds. The summed E-state index contributed by atoms with van der Waals surface area (Å²) in [4.78, 5) is 12.4. The number of carbonyl (C=O) groups is 1. The molecule has 3 aromatic rings. The van der Waals surface area contributed by atoms with Crippen molar-refractivity contribution in [3.05, 3.63) is 58.1 Å². The molecule has 0 bridgehead atoms. The number of anilines is 1. The van der Waals surface area contributed by atoms with Crippen molar-refractivity contribution in [2.24, 2.45) is 0 Å². The molecule has 0 fully saturated rings. The van der Waals surface area contributed by atoms with Crippen LogP contribution in [0.3, 0.4) is 0 Å². The standard InChI is InChI=1S/C18H15Cl2N3O2S/c1-10-4-3-5-12(8-10)17-22-23-18(25-17)26-11(2)16(24)21-15-9-13(19)6-7-14(15)20/h3-9,11H,1-2H3,(H,21,24)/t11-/m0/s1. The monoisotopic (exact) mass is 407 g/mol. The fraction of sp³-hybridized carbons (Fsp3) is 0.167. The maximum absolute atomic E-state index is 12.4. The van der Waals surface area contributed by atoms with Gasteiger partial charge in [0.05, 0.1) is 16.0 Å². The van der Waals surface area contributed by atoms with Crippen molar-refractivity contribution in [2.45, 2.75) is 24.3 Å². The molecule has 1 heterocycles. The average Bonchev–Trinajstić information content (AvgIpc) is 3.06. The van der Waals surface area contributed by atoms with Crippen LogP contribution in [-0.4, -0.2) is 21.4 Å². The van der Waals surface area contributed by atoms with Crippen molar-refractivity contribution in [2.75, 3.05) is 5.32 Å². The first-order valence-electron chi connectivity index (χ1n) is 7.75. The summed E-state index contributed by atoms with van der Waals surface area (Å²) < 4.78 is 5.65. The number of amides is 1. The summed E-state index contributed by atoms with van der Waals surface area (Å²) in [7, 11) is 0. The number of thioether (sulfide) groups is 1. The first kappa shape index (κ1) is 18.8. The van der Waals surface area contributed by atoms with Crippen molar-refractivity contribution in [3.8, 4) is 11.5 Å². The van der Waals surface area contributed by atoms with Crippen LogP contribution in [0.4, 0.5) is 5.69 Å². The molecule has 0 unspecified atom stereocenters. The quantitative estimate of drug-likeness (QED) is 0.567. The molecular weight excluding hydrogens is 393 g/mol. The highest BCUT2D eigenvalue weighted by atomic mass is 35.5. The second-order valence-corrected chi connectivity index (χ2v) is 7.75. The van der Waals surface area contributed by atoms with Crippen molar-refractivity contribution in [3.63, 3.8) is 0 Å². The molecule has 3 rings (SSSR count). The van der Waals surface area contributed by atoms with E-state index in [9.17, 15) is 4.79 Å². The van der Waals surface area contributed by atoms with Crippen molar-refractivity contribution in [1.29, 1.82) is 0 Å². The van der Waals surface area contributed by atoms with E-state index in [4.69, 9.17) is 27.6 Å². The van der Waals surface area contributed by atoms with Gasteiger partial charge in [0.25, 0.3) is 5.22 Å². The maximum Gasteiger partial charge on any atom is 0.277 e. The van der Waals surface area contributed by atoms with Crippen LogP contribution in [-0.2, 0) is 4.79 Å². The van der Waals surface area contributed by atoms with Crippen LogP contribution >= 0.6 is 35.0 Å². The van der Waals surface area contributed by atoms with E-state index in [0.29, 0.717) is 26.8 Å². The molecule has 1 atom stereocenters. The summed E-state index contributed by atoms with van der Waals surface area (Å²) in [6, 6.07) is 12.6. The first-order chi connectivity index (χ1) is 12.4. The maximum atomic E-state index is 12.4. The number of rotatable bonds is 5. The van der Waals surface area contributed by atoms with Crippen LogP contribution in [0.15, 0.2) is 52.1 Å². The minimum atomic E-state index is -0.462. The van der Waals surface area contributed by atoms with E-state index < -0.39 is 5.25 Å². The molecule has 134 valence electrons. The number of hydrogen-bond donors (Lipinski definition) is 1. The third-order valence-electron chi connectivity index (χ3n) is 3.50. The van der Waals surface area contributed by atoms with Gasteiger partial charge in [0.2, 0.25) is 11.8 Å². The molecule has 26 heavy (non-hydrogen) atoms. The summed E-state index contributed by atoms with van der Waals surface area (Å²) in [5.41, 5.74) is 2.40. The fourth-order valence-electron chi connectivity index (χ4n) is 2.18. The molecule has 1 N–H and O–H groups in total. The second-order valence-electron chi connectivity index (χ2n) is 5.62. The summed E-state index contributed by atoms with van der Waals surface area (Å²) in [6.45, 7) is 3.73. The largest absolute Gasteiger partial charge is 0.411 e. The highest BCUT2D eigenvalue weighted by molar-refractivity contribution is 8.00. The van der Waals surface area contributed by atoms with Crippen LogP contribution in [0.5, 0.6) is 0 Å². The predicted molar refractivity (Wildman–Crippen MR) is 105 cm³/mol. The Hall–Kier alpha value is -2.02. The minimum absolute atomic E-state index is 0.241. The van der Waals surface area contributed by atoms with Gasteiger partial charge in [-0.05, 0) is 44.2 Å². The van der Waals surface area contributed by atoms with E-state index in [1.807, 2.05) is 31.2 Å². The van der Waals surface area contributed by atoms with Gasteiger partial charge in [0.15, 0.2) is 0 Å². The van der Waals surface area contributed by atoms with Crippen LogP contribution in [0.25, 0.3) is 11.5 Å². The highest BCUT2D eigenvalue weighted by Gasteiger charge is 2.20. The molecule has 1 aromatic heterocycles. The Balaban J connectivity index is 1.67. The first-order valence-corrected chi connectivity index (χ1v) is 9.39. The molecule has 5 nitrogen and oxygen atoms in total. The Morgan fingerprint density at radius 1 is 1.19 bits per heavy atom. The topological polar surface area (TPSA) is 68.0 Å². The van der Waals surface area contributed by atoms with Gasteiger partial charge in [-0.15, -0.1) is 10.2 Å². The Bertz CT molecular complexity index is 946. The van der Waals surface area contributed by atoms with E-state index >= 15 is 0 Å². The molecule has 2 aromatic carbocycles. The summed E-state index contributed by atoms with van der Waals surface area (Å²) in [5, 5.41) is 11.6. The van der Waals surface area contributed by atoms with Crippen molar-refractivity contribution < 1.29 is 9.21 Å². The Labute approximate surface area is 165 Å². The summed E-state index contributed by atoms with van der Waals surface area (Å²) >= 11 is 13.2. The lowest BCUT2D eigenvalue weighted by atomic mass is 10.1. The number of benzene rings is 2. The lowest BCUT2D eigenvalue weighted by Gasteiger charge is -2.11. The Kier molecular flexibility index (Phi) is 5.86. The van der Waals surface area contributed by atoms with E-state index in [1.54, 1.807) is 25.1 Å². The summed E-state index contributed by atoms with van der Waals surface area (Å²) in [6.07, 6.45) is 0. The molecular formula is C18H15Cl2N3O2S. The molecule has 0 aliphatic heterocycles. The van der Waals surface area contributed by atoms with Gasteiger partial charge in [-0.2, -0.15) is 0 Å². The molecule has 0 saturated heterocycles. The molecule has 0 aliphatic carbocycles. The number of aryl methyl sites for hydroxylation is 1. The number of nitrogens with one attached hydrogen (secondary N) is 1. The SMILES string of the molecule is Cc1cccc(-c2nnc(S[C@@H](C)C(=O)Nc3cc(Cl)ccc3Cl)o2)c1. The molecule has 0 spiro atoms. The van der Waals surface area contributed by atoms with Crippen LogP contribution in [0, 0.1) is 6.92 Å². The van der Waals surface area contributed by atoms with E-state index in [-0.39, 0.29) is 5.91 Å². The van der Waals surface area contributed by atoms with Gasteiger partial charge in [0.1, 0.15) is 0 Å². The number of halogens is 2. The minimum Gasteiger partial charge on any atom is -0.411 e. The predicted octanol–water partition coefficient (Wildman–Crippen LogP) is 5.47. The van der Waals surface area contributed by atoms with Gasteiger partial charge in [0, 0.05) is 10.6 Å². The zero-order valence-corrected chi connectivity index (χ0v) is 16.3. The van der Waals surface area contributed by atoms with E-state index in [1.165, 1.54) is 11.8 Å². The molecule has 0 radical (unpaired) electrons. The van der Waals surface area contributed by atoms with Crippen LogP contribution in [0.1, 0.15) is 12.5 Å². The van der Waals surface area contributed by atoms with Crippen molar-refractivity contribution in [1.82, 2.24) is 10.2 Å². The third kappa shape index (κ3) is 4.58. The zero-order valence-electron chi connectivity index (χ0n) is 14.0. The normalized spacial score (nSPS) is 12.0. The van der Waals surface area contributed by atoms with Gasteiger partial charge in [-0.1, -0.05) is 52.7 Å². The Morgan fingerprint density at radius 3 is 2.77 bits per heavy atom. The van der Waals surface area contributed by atoms with Crippen LogP contribution < -0.4 is 5.32 Å². The van der Waals surface area contributed by atoms with Gasteiger partial charge in [-0.25, -0.2) is 0 Å². The third-order valence-corrected chi connectivity index (χ3v) is 5.00. The van der Waals surface area contributed by atoms with Gasteiger partial charge < -0.3 is 9.73 Å². The molecule has 0 aliphatic rings. The highest BCUT2D eigenvalue weighted by Crippen LogP contribution is 2.29. The van der Waals surface area contributed by atoms with E-state index in [0.717, 1.165) is 11.1 Å². The number of nitrogens with zero attached hydrogens (tertiary/aromatic N) is 2. The zero-order chi connectivity index (χ0) is 18.7. The molecule has 8 heteroatoms. The number of carbonyl (C=O) groups excluding carboxylic acids is 1. The van der Waals surface area contributed by atoms with Crippen molar-refractivity contribution >= 4 is 46.6 Å². The fourth-order valence-corrected chi connectivity index (χ4v) is 3.20. The number of aromatic nitrogens is 2. The van der Waals surface area contributed by atoms with Crippen LogP contribution in [0.2, 0.25) is 10.0 Å². The summed E-state index contributed by atoms with van der Waals surface area (Å²) in [5.74, 6) is 0.177.